The molecule has 0 aliphatic heterocycles. The van der Waals surface area contributed by atoms with Gasteiger partial charge < -0.3 is 14.6 Å². The summed E-state index contributed by atoms with van der Waals surface area (Å²) in [6.45, 7) is 0.0858. The van der Waals surface area contributed by atoms with Crippen molar-refractivity contribution in [1.82, 2.24) is 0 Å². The van der Waals surface area contributed by atoms with Gasteiger partial charge in [0.2, 0.25) is 0 Å². The molecular weight excluding hydrogens is 359 g/mol. The Balaban J connectivity index is 1.74. The minimum Gasteiger partial charge on any atom is -0.497 e. The van der Waals surface area contributed by atoms with Crippen LogP contribution < -0.4 is 9.47 Å². The highest BCUT2D eigenvalue weighted by atomic mass is 19.1. The number of halogens is 1. The zero-order valence-electron chi connectivity index (χ0n) is 15.5. The van der Waals surface area contributed by atoms with Crippen molar-refractivity contribution in [1.29, 1.82) is 0 Å². The van der Waals surface area contributed by atoms with E-state index in [2.05, 4.69) is 0 Å². The Labute approximate surface area is 163 Å². The topological polar surface area (TPSA) is 55.8 Å². The van der Waals surface area contributed by atoms with Crippen LogP contribution in [-0.4, -0.2) is 18.2 Å². The Bertz CT molecular complexity index is 934. The summed E-state index contributed by atoms with van der Waals surface area (Å²) < 4.78 is 25.4. The summed E-state index contributed by atoms with van der Waals surface area (Å²) in [6, 6.07) is 19.6. The zero-order valence-corrected chi connectivity index (χ0v) is 15.5. The average molecular weight is 380 g/mol. The van der Waals surface area contributed by atoms with Crippen LogP contribution in [-0.2, 0) is 17.8 Å². The van der Waals surface area contributed by atoms with Crippen molar-refractivity contribution >= 4 is 5.97 Å². The van der Waals surface area contributed by atoms with E-state index in [0.29, 0.717) is 17.7 Å². The molecule has 0 radical (unpaired) electrons. The highest BCUT2D eigenvalue weighted by Gasteiger charge is 2.11. The summed E-state index contributed by atoms with van der Waals surface area (Å²) in [5, 5.41) is 8.75. The van der Waals surface area contributed by atoms with Crippen molar-refractivity contribution in [3.63, 3.8) is 0 Å². The molecule has 0 fully saturated rings. The van der Waals surface area contributed by atoms with Gasteiger partial charge in [0, 0.05) is 12.0 Å². The fraction of sp³-hybridized carbons (Fsp3) is 0.174. The average Bonchev–Trinajstić information content (AvgIpc) is 2.72. The second kappa shape index (κ2) is 9.04. The molecule has 4 nitrogen and oxygen atoms in total. The van der Waals surface area contributed by atoms with Gasteiger partial charge in [-0.1, -0.05) is 36.4 Å². The molecule has 0 unspecified atom stereocenters. The maximum atomic E-state index is 14.5. The molecule has 0 spiro atoms. The van der Waals surface area contributed by atoms with E-state index in [1.165, 1.54) is 6.07 Å². The van der Waals surface area contributed by atoms with Crippen LogP contribution in [0.4, 0.5) is 4.39 Å². The van der Waals surface area contributed by atoms with Crippen LogP contribution in [0.2, 0.25) is 0 Å². The van der Waals surface area contributed by atoms with E-state index >= 15 is 0 Å². The summed E-state index contributed by atoms with van der Waals surface area (Å²) in [5.74, 6) is 0.182. The molecule has 28 heavy (non-hydrogen) atoms. The molecule has 0 heterocycles. The number of rotatable bonds is 8. The normalized spacial score (nSPS) is 10.5. The number of aliphatic carboxylic acids is 1. The number of ether oxygens (including phenoxy) is 2. The highest BCUT2D eigenvalue weighted by molar-refractivity contribution is 5.68. The lowest BCUT2D eigenvalue weighted by molar-refractivity contribution is -0.136. The largest absolute Gasteiger partial charge is 0.497 e. The van der Waals surface area contributed by atoms with E-state index in [-0.39, 0.29) is 18.8 Å². The molecule has 0 atom stereocenters. The number of hydrogen-bond donors (Lipinski definition) is 1. The predicted octanol–water partition coefficient (Wildman–Crippen LogP) is 5.10. The molecule has 144 valence electrons. The lowest BCUT2D eigenvalue weighted by Crippen LogP contribution is -2.02. The van der Waals surface area contributed by atoms with Crippen LogP contribution in [0.5, 0.6) is 11.5 Å². The van der Waals surface area contributed by atoms with Gasteiger partial charge in [0.15, 0.2) is 0 Å². The third kappa shape index (κ3) is 4.88. The molecule has 1 N–H and O–H groups in total. The second-order valence-electron chi connectivity index (χ2n) is 6.32. The maximum absolute atomic E-state index is 14.5. The number of methoxy groups -OCH3 is 1. The zero-order chi connectivity index (χ0) is 19.9. The summed E-state index contributed by atoms with van der Waals surface area (Å²) in [7, 11) is 1.60. The standard InChI is InChI=1S/C23H21FO4/c1-27-18-12-8-17(9-13-18)20-3-2-4-22(24)21(20)15-28-19-10-5-16(6-11-19)7-14-23(25)26/h2-6,8-13H,7,14-15H2,1H3,(H,25,26). The van der Waals surface area contributed by atoms with Crippen LogP contribution >= 0.6 is 0 Å². The van der Waals surface area contributed by atoms with Gasteiger partial charge >= 0.3 is 5.97 Å². The van der Waals surface area contributed by atoms with Crippen LogP contribution in [0.1, 0.15) is 17.5 Å². The quantitative estimate of drug-likeness (QED) is 0.591. The first kappa shape index (κ1) is 19.4. The van der Waals surface area contributed by atoms with Crippen molar-refractivity contribution < 1.29 is 23.8 Å². The predicted molar refractivity (Wildman–Crippen MR) is 105 cm³/mol. The molecule has 3 rings (SSSR count). The summed E-state index contributed by atoms with van der Waals surface area (Å²) in [4.78, 5) is 10.6. The van der Waals surface area contributed by atoms with Gasteiger partial charge in [-0.05, 0) is 53.4 Å². The van der Waals surface area contributed by atoms with Gasteiger partial charge in [-0.2, -0.15) is 0 Å². The molecule has 0 aliphatic rings. The summed E-state index contributed by atoms with van der Waals surface area (Å²) in [5.41, 5.74) is 3.03. The van der Waals surface area contributed by atoms with Crippen LogP contribution in [0.3, 0.4) is 0 Å². The number of carboxylic acid groups (broad SMARTS) is 1. The molecular formula is C23H21FO4. The third-order valence-electron chi connectivity index (χ3n) is 4.45. The Hall–Kier alpha value is -3.34. The summed E-state index contributed by atoms with van der Waals surface area (Å²) in [6.07, 6.45) is 0.547. The molecule has 3 aromatic carbocycles. The van der Waals surface area contributed by atoms with Crippen LogP contribution in [0, 0.1) is 5.82 Å². The Morgan fingerprint density at radius 1 is 0.964 bits per heavy atom. The van der Waals surface area contributed by atoms with Gasteiger partial charge in [-0.3, -0.25) is 4.79 Å². The molecule has 0 aromatic heterocycles. The fourth-order valence-electron chi connectivity index (χ4n) is 2.91. The third-order valence-corrected chi connectivity index (χ3v) is 4.45. The van der Waals surface area contributed by atoms with E-state index in [1.54, 1.807) is 25.3 Å². The van der Waals surface area contributed by atoms with Crippen LogP contribution in [0.15, 0.2) is 66.7 Å². The maximum Gasteiger partial charge on any atom is 0.303 e. The molecule has 0 bridgehead atoms. The Morgan fingerprint density at radius 3 is 2.29 bits per heavy atom. The lowest BCUT2D eigenvalue weighted by atomic mass is 9.99. The Morgan fingerprint density at radius 2 is 1.64 bits per heavy atom. The number of benzene rings is 3. The molecule has 3 aromatic rings. The number of aryl methyl sites for hydroxylation is 1. The van der Waals surface area contributed by atoms with E-state index < -0.39 is 5.97 Å². The smallest absolute Gasteiger partial charge is 0.303 e. The summed E-state index contributed by atoms with van der Waals surface area (Å²) >= 11 is 0. The number of carbonyl (C=O) groups is 1. The van der Waals surface area contributed by atoms with Gasteiger partial charge in [0.05, 0.1) is 7.11 Å². The van der Waals surface area contributed by atoms with Gasteiger partial charge in [-0.15, -0.1) is 0 Å². The van der Waals surface area contributed by atoms with Crippen molar-refractivity contribution in [2.45, 2.75) is 19.4 Å². The number of carboxylic acids is 1. The SMILES string of the molecule is COc1ccc(-c2cccc(F)c2COc2ccc(CCC(=O)O)cc2)cc1. The number of hydrogen-bond acceptors (Lipinski definition) is 3. The van der Waals surface area contributed by atoms with Crippen molar-refractivity contribution in [2.24, 2.45) is 0 Å². The van der Waals surface area contributed by atoms with Gasteiger partial charge in [0.25, 0.3) is 0 Å². The Kier molecular flexibility index (Phi) is 6.27. The van der Waals surface area contributed by atoms with Crippen molar-refractivity contribution in [2.75, 3.05) is 7.11 Å². The minimum absolute atomic E-state index is 0.0840. The first-order valence-electron chi connectivity index (χ1n) is 8.92. The highest BCUT2D eigenvalue weighted by Crippen LogP contribution is 2.28. The monoisotopic (exact) mass is 380 g/mol. The first-order chi connectivity index (χ1) is 13.6. The lowest BCUT2D eigenvalue weighted by Gasteiger charge is -2.13. The van der Waals surface area contributed by atoms with E-state index in [4.69, 9.17) is 14.6 Å². The minimum atomic E-state index is -0.828. The van der Waals surface area contributed by atoms with E-state index in [0.717, 1.165) is 22.4 Å². The molecule has 0 saturated carbocycles. The van der Waals surface area contributed by atoms with E-state index in [9.17, 15) is 9.18 Å². The van der Waals surface area contributed by atoms with Crippen molar-refractivity contribution in [3.05, 3.63) is 83.7 Å². The second-order valence-corrected chi connectivity index (χ2v) is 6.32. The molecule has 0 amide bonds. The molecule has 0 saturated heterocycles. The van der Waals surface area contributed by atoms with Crippen molar-refractivity contribution in [3.8, 4) is 22.6 Å². The first-order valence-corrected chi connectivity index (χ1v) is 8.92. The van der Waals surface area contributed by atoms with Gasteiger partial charge in [0.1, 0.15) is 23.9 Å². The molecule has 5 heteroatoms. The fourth-order valence-corrected chi connectivity index (χ4v) is 2.91. The van der Waals surface area contributed by atoms with Gasteiger partial charge in [-0.25, -0.2) is 4.39 Å². The van der Waals surface area contributed by atoms with E-state index in [1.807, 2.05) is 42.5 Å². The van der Waals surface area contributed by atoms with Crippen LogP contribution in [0.25, 0.3) is 11.1 Å². The molecule has 0 aliphatic carbocycles.